The minimum atomic E-state index is -0.464. The number of benzene rings is 2. The van der Waals surface area contributed by atoms with Crippen LogP contribution in [0.3, 0.4) is 0 Å². The zero-order chi connectivity index (χ0) is 22.3. The number of nitro benzene ring substituents is 1. The maximum Gasteiger partial charge on any atom is 0.277 e. The largest absolute Gasteiger partial charge is 0.484 e. The first-order valence-electron chi connectivity index (χ1n) is 9.71. The Labute approximate surface area is 192 Å². The predicted molar refractivity (Wildman–Crippen MR) is 126 cm³/mol. The fourth-order valence-electron chi connectivity index (χ4n) is 2.97. The van der Waals surface area contributed by atoms with E-state index in [1.165, 1.54) is 35.4 Å². The molecule has 0 atom stereocenters. The van der Waals surface area contributed by atoms with Crippen molar-refractivity contribution < 1.29 is 18.9 Å². The highest BCUT2D eigenvalue weighted by Gasteiger charge is 2.18. The average molecular weight is 470 g/mol. The van der Waals surface area contributed by atoms with E-state index in [0.717, 1.165) is 0 Å². The normalized spacial score (nSPS) is 14.0. The third-order valence-corrected chi connectivity index (χ3v) is 7.60. The number of thioether (sulfide) groups is 2. The van der Waals surface area contributed by atoms with Crippen LogP contribution in [0.2, 0.25) is 0 Å². The monoisotopic (exact) mass is 469 g/mol. The Bertz CT molecular complexity index is 1120. The maximum atomic E-state index is 12.0. The smallest absolute Gasteiger partial charge is 0.277 e. The van der Waals surface area contributed by atoms with Gasteiger partial charge in [0, 0.05) is 29.2 Å². The molecule has 0 unspecified atom stereocenters. The maximum absolute atomic E-state index is 12.0. The molecule has 32 heavy (non-hydrogen) atoms. The van der Waals surface area contributed by atoms with Crippen molar-refractivity contribution >= 4 is 41.3 Å². The second-order valence-corrected chi connectivity index (χ2v) is 9.46. The molecule has 3 aromatic rings. The van der Waals surface area contributed by atoms with Crippen LogP contribution in [-0.4, -0.2) is 35.2 Å². The van der Waals surface area contributed by atoms with Crippen LogP contribution in [-0.2, 0) is 4.79 Å². The summed E-state index contributed by atoms with van der Waals surface area (Å²) in [7, 11) is 0. The van der Waals surface area contributed by atoms with Crippen LogP contribution in [0.1, 0.15) is 15.9 Å². The molecule has 164 valence electrons. The summed E-state index contributed by atoms with van der Waals surface area (Å²) in [6.45, 7) is -0.166. The van der Waals surface area contributed by atoms with E-state index in [4.69, 9.17) is 9.15 Å². The highest BCUT2D eigenvalue weighted by atomic mass is 32.2. The Hall–Kier alpha value is -3.24. The number of hydrogen-bond donors (Lipinski definition) is 1. The molecule has 0 bridgehead atoms. The van der Waals surface area contributed by atoms with E-state index >= 15 is 0 Å². The second-order valence-electron chi connectivity index (χ2n) is 6.73. The van der Waals surface area contributed by atoms with Crippen molar-refractivity contribution in [3.05, 3.63) is 82.1 Å². The van der Waals surface area contributed by atoms with Gasteiger partial charge in [0.1, 0.15) is 17.3 Å². The van der Waals surface area contributed by atoms with Crippen LogP contribution in [0.15, 0.2) is 70.2 Å². The number of non-ortho nitro benzene ring substituents is 1. The lowest BCUT2D eigenvalue weighted by Crippen LogP contribution is -2.24. The Morgan fingerprint density at radius 2 is 1.97 bits per heavy atom. The third kappa shape index (κ3) is 5.71. The average Bonchev–Trinajstić information content (AvgIpc) is 3.51. The van der Waals surface area contributed by atoms with E-state index in [9.17, 15) is 14.9 Å². The number of ether oxygens (including phenoxy) is 1. The first kappa shape index (κ1) is 22.0. The first-order chi connectivity index (χ1) is 15.6. The van der Waals surface area contributed by atoms with Gasteiger partial charge in [0.05, 0.1) is 15.7 Å². The number of furan rings is 1. The van der Waals surface area contributed by atoms with E-state index in [2.05, 4.69) is 10.5 Å². The highest BCUT2D eigenvalue weighted by Crippen LogP contribution is 2.45. The number of carbonyl (C=O) groups excluding carboxylic acids is 1. The minimum Gasteiger partial charge on any atom is -0.484 e. The van der Waals surface area contributed by atoms with Crippen LogP contribution >= 0.6 is 23.5 Å². The number of nitrogens with one attached hydrogen (secondary N) is 1. The molecule has 1 aromatic heterocycles. The third-order valence-electron chi connectivity index (χ3n) is 4.49. The summed E-state index contributed by atoms with van der Waals surface area (Å²) >= 11 is 3.87. The number of hydrogen-bond acceptors (Lipinski definition) is 8. The lowest BCUT2D eigenvalue weighted by atomic mass is 10.1. The van der Waals surface area contributed by atoms with Crippen LogP contribution in [0.5, 0.6) is 5.75 Å². The minimum absolute atomic E-state index is 0.0210. The zero-order valence-corrected chi connectivity index (χ0v) is 18.4. The Morgan fingerprint density at radius 3 is 2.72 bits per heavy atom. The lowest BCUT2D eigenvalue weighted by molar-refractivity contribution is -0.384. The SMILES string of the molecule is O=C(COc1ccc(C2SCCS2)cc1)N/N=C\c1ccc(-c2cccc([N+](=O)[O-])c2)o1. The summed E-state index contributed by atoms with van der Waals surface area (Å²) in [5, 5.41) is 14.8. The molecular weight excluding hydrogens is 450 g/mol. The molecule has 1 saturated heterocycles. The van der Waals surface area contributed by atoms with Crippen LogP contribution in [0, 0.1) is 10.1 Å². The van der Waals surface area contributed by atoms with Gasteiger partial charge in [0.25, 0.3) is 11.6 Å². The number of rotatable bonds is 8. The molecule has 8 nitrogen and oxygen atoms in total. The van der Waals surface area contributed by atoms with Gasteiger partial charge in [0.2, 0.25) is 0 Å². The van der Waals surface area contributed by atoms with Crippen LogP contribution < -0.4 is 10.2 Å². The van der Waals surface area contributed by atoms with Gasteiger partial charge in [-0.1, -0.05) is 24.3 Å². The molecule has 0 spiro atoms. The zero-order valence-electron chi connectivity index (χ0n) is 16.8. The standard InChI is InChI=1S/C22H19N3O5S2/c26-21(14-29-18-6-4-15(5-7-18)22-31-10-11-32-22)24-23-13-19-8-9-20(30-19)16-2-1-3-17(12-16)25(27)28/h1-9,12-13,22H,10-11,14H2,(H,24,26)/b23-13-. The molecule has 1 fully saturated rings. The number of nitro groups is 1. The van der Waals surface area contributed by atoms with E-state index in [1.807, 2.05) is 47.8 Å². The van der Waals surface area contributed by atoms with Crippen molar-refractivity contribution in [1.29, 1.82) is 0 Å². The van der Waals surface area contributed by atoms with Crippen molar-refractivity contribution in [2.75, 3.05) is 18.1 Å². The summed E-state index contributed by atoms with van der Waals surface area (Å²) in [5.74, 6) is 3.41. The van der Waals surface area contributed by atoms with E-state index < -0.39 is 10.8 Å². The molecule has 0 radical (unpaired) electrons. The summed E-state index contributed by atoms with van der Waals surface area (Å²) in [4.78, 5) is 22.4. The summed E-state index contributed by atoms with van der Waals surface area (Å²) in [5.41, 5.74) is 4.19. The first-order valence-corrected chi connectivity index (χ1v) is 11.8. The Morgan fingerprint density at radius 1 is 1.19 bits per heavy atom. The molecule has 2 aromatic carbocycles. The molecule has 1 aliphatic rings. The van der Waals surface area contributed by atoms with Crippen molar-refractivity contribution in [1.82, 2.24) is 5.43 Å². The molecule has 1 amide bonds. The Kier molecular flexibility index (Phi) is 7.13. The van der Waals surface area contributed by atoms with Crippen LogP contribution in [0.4, 0.5) is 5.69 Å². The molecule has 4 rings (SSSR count). The van der Waals surface area contributed by atoms with Gasteiger partial charge in [0.15, 0.2) is 6.61 Å². The molecule has 2 heterocycles. The number of nitrogens with zero attached hydrogens (tertiary/aromatic N) is 2. The molecule has 0 aliphatic carbocycles. The molecule has 1 N–H and O–H groups in total. The molecule has 10 heteroatoms. The van der Waals surface area contributed by atoms with Gasteiger partial charge in [-0.05, 0) is 29.8 Å². The summed E-state index contributed by atoms with van der Waals surface area (Å²) < 4.78 is 11.6. The second kappa shape index (κ2) is 10.4. The number of hydrazone groups is 1. The van der Waals surface area contributed by atoms with Gasteiger partial charge in [-0.15, -0.1) is 23.5 Å². The van der Waals surface area contributed by atoms with Crippen molar-refractivity contribution in [3.63, 3.8) is 0 Å². The fraction of sp³-hybridized carbons (Fsp3) is 0.182. The quantitative estimate of drug-likeness (QED) is 0.285. The summed E-state index contributed by atoms with van der Waals surface area (Å²) in [6.07, 6.45) is 1.35. The lowest BCUT2D eigenvalue weighted by Gasteiger charge is -2.09. The molecule has 1 aliphatic heterocycles. The van der Waals surface area contributed by atoms with Crippen LogP contribution in [0.25, 0.3) is 11.3 Å². The van der Waals surface area contributed by atoms with E-state index in [0.29, 0.717) is 27.4 Å². The fourth-order valence-corrected chi connectivity index (χ4v) is 5.83. The van der Waals surface area contributed by atoms with Gasteiger partial charge in [-0.3, -0.25) is 14.9 Å². The topological polar surface area (TPSA) is 107 Å². The molecular formula is C22H19N3O5S2. The van der Waals surface area contributed by atoms with Crippen molar-refractivity contribution in [2.45, 2.75) is 4.58 Å². The Balaban J connectivity index is 1.26. The highest BCUT2D eigenvalue weighted by molar-refractivity contribution is 8.19. The summed E-state index contributed by atoms with van der Waals surface area (Å²) in [6, 6.07) is 17.3. The number of amides is 1. The van der Waals surface area contributed by atoms with Crippen molar-refractivity contribution in [2.24, 2.45) is 5.10 Å². The van der Waals surface area contributed by atoms with Gasteiger partial charge in [-0.2, -0.15) is 5.10 Å². The number of carbonyl (C=O) groups is 1. The van der Waals surface area contributed by atoms with Gasteiger partial charge >= 0.3 is 0 Å². The predicted octanol–water partition coefficient (Wildman–Crippen LogP) is 4.86. The molecule has 0 saturated carbocycles. The van der Waals surface area contributed by atoms with E-state index in [-0.39, 0.29) is 12.3 Å². The van der Waals surface area contributed by atoms with Crippen molar-refractivity contribution in [3.8, 4) is 17.1 Å². The van der Waals surface area contributed by atoms with Gasteiger partial charge < -0.3 is 9.15 Å². The van der Waals surface area contributed by atoms with E-state index in [1.54, 1.807) is 24.3 Å². The van der Waals surface area contributed by atoms with Gasteiger partial charge in [-0.25, -0.2) is 5.43 Å².